The minimum Gasteiger partial charge on any atom is -0.381 e. The Morgan fingerprint density at radius 3 is 2.78 bits per heavy atom. The lowest BCUT2D eigenvalue weighted by atomic mass is 10.00. The molecule has 1 saturated heterocycles. The largest absolute Gasteiger partial charge is 0.381 e. The Morgan fingerprint density at radius 2 is 1.94 bits per heavy atom. The Kier molecular flexibility index (Phi) is 3.67. The lowest BCUT2D eigenvalue weighted by Gasteiger charge is -2.27. The van der Waals surface area contributed by atoms with Crippen molar-refractivity contribution in [1.82, 2.24) is 5.32 Å². The van der Waals surface area contributed by atoms with Gasteiger partial charge >= 0.3 is 0 Å². The van der Waals surface area contributed by atoms with Crippen molar-refractivity contribution in [3.63, 3.8) is 0 Å². The zero-order valence-corrected chi connectivity index (χ0v) is 11.2. The van der Waals surface area contributed by atoms with E-state index in [1.807, 2.05) is 0 Å². The molecule has 0 spiro atoms. The average molecular weight is 245 g/mol. The second kappa shape index (κ2) is 5.41. The van der Waals surface area contributed by atoms with E-state index in [4.69, 9.17) is 4.74 Å². The third-order valence-corrected chi connectivity index (χ3v) is 4.33. The predicted molar refractivity (Wildman–Crippen MR) is 73.9 cm³/mol. The fourth-order valence-electron chi connectivity index (χ4n) is 3.18. The molecule has 0 aromatic heterocycles. The van der Waals surface area contributed by atoms with Crippen LogP contribution in [0.15, 0.2) is 18.2 Å². The quantitative estimate of drug-likeness (QED) is 0.884. The Balaban J connectivity index is 1.66. The molecule has 1 heterocycles. The first-order valence-electron chi connectivity index (χ1n) is 7.28. The number of ether oxygens (including phenoxy) is 1. The molecule has 1 aliphatic carbocycles. The number of hydrogen-bond donors (Lipinski definition) is 1. The third-order valence-electron chi connectivity index (χ3n) is 4.33. The van der Waals surface area contributed by atoms with Gasteiger partial charge in [0.2, 0.25) is 0 Å². The van der Waals surface area contributed by atoms with Crippen LogP contribution in [0.25, 0.3) is 0 Å². The molecule has 0 amide bonds. The molecule has 0 radical (unpaired) electrons. The van der Waals surface area contributed by atoms with Crippen LogP contribution in [-0.2, 0) is 17.6 Å². The number of aryl methyl sites for hydroxylation is 2. The maximum atomic E-state index is 5.41. The van der Waals surface area contributed by atoms with Crippen molar-refractivity contribution in [2.45, 2.75) is 51.1 Å². The number of benzene rings is 1. The van der Waals surface area contributed by atoms with Crippen LogP contribution >= 0.6 is 0 Å². The van der Waals surface area contributed by atoms with Crippen molar-refractivity contribution in [3.8, 4) is 0 Å². The molecule has 0 saturated carbocycles. The van der Waals surface area contributed by atoms with Crippen LogP contribution in [0.5, 0.6) is 0 Å². The maximum absolute atomic E-state index is 5.41. The van der Waals surface area contributed by atoms with E-state index in [-0.39, 0.29) is 0 Å². The SMILES string of the molecule is CC(NC1CCOCC1)c1ccc2c(c1)CCC2. The Hall–Kier alpha value is -0.860. The minimum atomic E-state index is 0.457. The second-order valence-corrected chi connectivity index (χ2v) is 5.66. The number of nitrogens with one attached hydrogen (secondary N) is 1. The first kappa shape index (κ1) is 12.2. The van der Waals surface area contributed by atoms with Gasteiger partial charge in [0.1, 0.15) is 0 Å². The van der Waals surface area contributed by atoms with Gasteiger partial charge < -0.3 is 10.1 Å². The fraction of sp³-hybridized carbons (Fsp3) is 0.625. The summed E-state index contributed by atoms with van der Waals surface area (Å²) in [7, 11) is 0. The molecule has 2 aliphatic rings. The summed E-state index contributed by atoms with van der Waals surface area (Å²) in [6.45, 7) is 4.11. The molecule has 1 aromatic rings. The molecule has 1 unspecified atom stereocenters. The average Bonchev–Trinajstić information content (AvgIpc) is 2.87. The van der Waals surface area contributed by atoms with E-state index in [1.165, 1.54) is 24.8 Å². The van der Waals surface area contributed by atoms with Crippen LogP contribution in [-0.4, -0.2) is 19.3 Å². The van der Waals surface area contributed by atoms with Crippen LogP contribution in [0.1, 0.15) is 48.9 Å². The summed E-state index contributed by atoms with van der Waals surface area (Å²) >= 11 is 0. The van der Waals surface area contributed by atoms with Gasteiger partial charge in [0.15, 0.2) is 0 Å². The molecule has 0 bridgehead atoms. The lowest BCUT2D eigenvalue weighted by molar-refractivity contribution is 0.0754. The first-order chi connectivity index (χ1) is 8.83. The zero-order chi connectivity index (χ0) is 12.4. The van der Waals surface area contributed by atoms with E-state index in [9.17, 15) is 0 Å². The fourth-order valence-corrected chi connectivity index (χ4v) is 3.18. The monoisotopic (exact) mass is 245 g/mol. The Labute approximate surface area is 110 Å². The normalized spacial score (nSPS) is 21.8. The van der Waals surface area contributed by atoms with E-state index in [1.54, 1.807) is 11.1 Å². The van der Waals surface area contributed by atoms with Crippen LogP contribution in [0.3, 0.4) is 0 Å². The summed E-state index contributed by atoms with van der Waals surface area (Å²) in [6.07, 6.45) is 6.18. The molecule has 1 aromatic carbocycles. The number of hydrogen-bond acceptors (Lipinski definition) is 2. The first-order valence-corrected chi connectivity index (χ1v) is 7.28. The maximum Gasteiger partial charge on any atom is 0.0480 e. The zero-order valence-electron chi connectivity index (χ0n) is 11.2. The smallest absolute Gasteiger partial charge is 0.0480 e. The summed E-state index contributed by atoms with van der Waals surface area (Å²) in [4.78, 5) is 0. The Morgan fingerprint density at radius 1 is 1.17 bits per heavy atom. The summed E-state index contributed by atoms with van der Waals surface area (Å²) in [5, 5.41) is 3.75. The van der Waals surface area contributed by atoms with Crippen LogP contribution in [0, 0.1) is 0 Å². The van der Waals surface area contributed by atoms with Crippen molar-refractivity contribution in [1.29, 1.82) is 0 Å². The standard InChI is InChI=1S/C16H23NO/c1-12(17-16-7-9-18-10-8-16)14-6-5-13-3-2-4-15(13)11-14/h5-6,11-12,16-17H,2-4,7-10H2,1H3. The van der Waals surface area contributed by atoms with E-state index < -0.39 is 0 Å². The molecule has 1 N–H and O–H groups in total. The van der Waals surface area contributed by atoms with Crippen LogP contribution in [0.2, 0.25) is 0 Å². The van der Waals surface area contributed by atoms with Gasteiger partial charge in [0.05, 0.1) is 0 Å². The summed E-state index contributed by atoms with van der Waals surface area (Å²) in [5.74, 6) is 0. The van der Waals surface area contributed by atoms with Gasteiger partial charge in [-0.3, -0.25) is 0 Å². The molecule has 2 heteroatoms. The van der Waals surface area contributed by atoms with Crippen LogP contribution < -0.4 is 5.32 Å². The molecule has 1 fully saturated rings. The van der Waals surface area contributed by atoms with Gasteiger partial charge in [-0.15, -0.1) is 0 Å². The van der Waals surface area contributed by atoms with Gasteiger partial charge in [0, 0.05) is 25.3 Å². The van der Waals surface area contributed by atoms with E-state index >= 15 is 0 Å². The van der Waals surface area contributed by atoms with Crippen molar-refractivity contribution in [2.24, 2.45) is 0 Å². The molecule has 18 heavy (non-hydrogen) atoms. The topological polar surface area (TPSA) is 21.3 Å². The van der Waals surface area contributed by atoms with E-state index in [0.29, 0.717) is 12.1 Å². The third kappa shape index (κ3) is 2.60. The molecule has 1 aliphatic heterocycles. The van der Waals surface area contributed by atoms with E-state index in [2.05, 4.69) is 30.4 Å². The lowest BCUT2D eigenvalue weighted by Crippen LogP contribution is -2.36. The molecule has 3 rings (SSSR count). The highest BCUT2D eigenvalue weighted by Crippen LogP contribution is 2.26. The molecule has 98 valence electrons. The van der Waals surface area contributed by atoms with Gasteiger partial charge in [-0.2, -0.15) is 0 Å². The molecule has 1 atom stereocenters. The summed E-state index contributed by atoms with van der Waals surface area (Å²) in [5.41, 5.74) is 4.59. The predicted octanol–water partition coefficient (Wildman–Crippen LogP) is 3.00. The highest BCUT2D eigenvalue weighted by molar-refractivity contribution is 5.36. The summed E-state index contributed by atoms with van der Waals surface area (Å²) in [6, 6.07) is 8.14. The minimum absolute atomic E-state index is 0.457. The van der Waals surface area contributed by atoms with Crippen molar-refractivity contribution in [2.75, 3.05) is 13.2 Å². The van der Waals surface area contributed by atoms with Gasteiger partial charge in [-0.1, -0.05) is 18.2 Å². The molecular formula is C16H23NO. The van der Waals surface area contributed by atoms with Crippen molar-refractivity contribution >= 4 is 0 Å². The number of fused-ring (bicyclic) bond motifs is 1. The highest BCUT2D eigenvalue weighted by atomic mass is 16.5. The highest BCUT2D eigenvalue weighted by Gasteiger charge is 2.18. The second-order valence-electron chi connectivity index (χ2n) is 5.66. The summed E-state index contributed by atoms with van der Waals surface area (Å²) < 4.78 is 5.41. The van der Waals surface area contributed by atoms with Gasteiger partial charge in [0.25, 0.3) is 0 Å². The molecule has 2 nitrogen and oxygen atoms in total. The van der Waals surface area contributed by atoms with Crippen molar-refractivity contribution < 1.29 is 4.74 Å². The van der Waals surface area contributed by atoms with E-state index in [0.717, 1.165) is 26.1 Å². The van der Waals surface area contributed by atoms with Gasteiger partial charge in [-0.05, 0) is 55.7 Å². The van der Waals surface area contributed by atoms with Gasteiger partial charge in [-0.25, -0.2) is 0 Å². The van der Waals surface area contributed by atoms with Crippen LogP contribution in [0.4, 0.5) is 0 Å². The van der Waals surface area contributed by atoms with Crippen molar-refractivity contribution in [3.05, 3.63) is 34.9 Å². The number of rotatable bonds is 3. The molecular weight excluding hydrogens is 222 g/mol. The Bertz CT molecular complexity index is 410.